The minimum atomic E-state index is -0.783. The normalized spacial score (nSPS) is 16.7. The fourth-order valence-electron chi connectivity index (χ4n) is 5.46. The molecule has 1 fully saturated rings. The van der Waals surface area contributed by atoms with E-state index in [2.05, 4.69) is 36.6 Å². The van der Waals surface area contributed by atoms with E-state index in [-0.39, 0.29) is 36.0 Å². The number of hydrogen-bond donors (Lipinski definition) is 5. The van der Waals surface area contributed by atoms with Crippen molar-refractivity contribution in [2.24, 2.45) is 17.6 Å². The fourth-order valence-corrected chi connectivity index (χ4v) is 5.46. The number of nitrogens with zero attached hydrogens (tertiary/aromatic N) is 3. The summed E-state index contributed by atoms with van der Waals surface area (Å²) < 4.78 is 0. The molecule has 6 N–H and O–H groups in total. The summed E-state index contributed by atoms with van der Waals surface area (Å²) in [5, 5.41) is 22.8. The van der Waals surface area contributed by atoms with Crippen molar-refractivity contribution in [3.05, 3.63) is 78.4 Å². The molecule has 0 saturated heterocycles. The van der Waals surface area contributed by atoms with Crippen LogP contribution in [-0.4, -0.2) is 50.9 Å². The van der Waals surface area contributed by atoms with Crippen molar-refractivity contribution >= 4 is 41.5 Å². The Labute approximate surface area is 262 Å². The Balaban J connectivity index is 0.00000442. The first-order chi connectivity index (χ1) is 20.9. The second kappa shape index (κ2) is 15.2. The number of carbonyl (C=O) groups excluding carboxylic acids is 3. The van der Waals surface area contributed by atoms with Crippen LogP contribution in [0, 0.1) is 11.8 Å². The first-order valence-corrected chi connectivity index (χ1v) is 14.5. The molecule has 4 aromatic rings. The highest BCUT2D eigenvalue weighted by atomic mass is 35.5. The number of anilines is 2. The molecule has 0 radical (unpaired) electrons. The van der Waals surface area contributed by atoms with E-state index in [1.165, 1.54) is 6.92 Å². The number of hydrogen-bond acceptors (Lipinski definition) is 7. The molecule has 230 valence electrons. The summed E-state index contributed by atoms with van der Waals surface area (Å²) in [5.41, 5.74) is 10.6. The number of tetrazole rings is 1. The van der Waals surface area contributed by atoms with Gasteiger partial charge in [-0.3, -0.25) is 14.4 Å². The second-order valence-corrected chi connectivity index (χ2v) is 10.9. The Kier molecular flexibility index (Phi) is 11.2. The minimum Gasteiger partial charge on any atom is -0.344 e. The summed E-state index contributed by atoms with van der Waals surface area (Å²) in [6, 6.07) is 21.7. The summed E-state index contributed by atoms with van der Waals surface area (Å²) in [5.74, 6) is 0.207. The Morgan fingerprint density at radius 3 is 2.23 bits per heavy atom. The predicted octanol–water partition coefficient (Wildman–Crippen LogP) is 4.35. The molecule has 0 bridgehead atoms. The summed E-state index contributed by atoms with van der Waals surface area (Å²) in [7, 11) is 0. The SMILES string of the molecule is CC(=O)Nc1ccccc1-c1ccc(C[C@H](NC(=O)C2CCC(CN)CC2)C(=O)Nc2ccc(-c3nn[nH]n3)cc2)cc1.Cl. The van der Waals surface area contributed by atoms with E-state index < -0.39 is 6.04 Å². The van der Waals surface area contributed by atoms with E-state index in [1.54, 1.807) is 24.3 Å². The smallest absolute Gasteiger partial charge is 0.247 e. The maximum Gasteiger partial charge on any atom is 0.247 e. The molecular weight excluding hydrogens is 580 g/mol. The van der Waals surface area contributed by atoms with Crippen molar-refractivity contribution in [3.8, 4) is 22.5 Å². The average Bonchev–Trinajstić information content (AvgIpc) is 3.57. The number of nitrogens with two attached hydrogens (primary N) is 1. The lowest BCUT2D eigenvalue weighted by molar-refractivity contribution is -0.130. The first kappa shape index (κ1) is 32.3. The van der Waals surface area contributed by atoms with Gasteiger partial charge in [0.2, 0.25) is 23.5 Å². The van der Waals surface area contributed by atoms with Crippen LogP contribution in [0.1, 0.15) is 38.2 Å². The molecule has 5 rings (SSSR count). The van der Waals surface area contributed by atoms with Crippen molar-refractivity contribution in [1.29, 1.82) is 0 Å². The lowest BCUT2D eigenvalue weighted by Crippen LogP contribution is -2.48. The van der Waals surface area contributed by atoms with Gasteiger partial charge in [0, 0.05) is 41.8 Å². The van der Waals surface area contributed by atoms with E-state index in [9.17, 15) is 14.4 Å². The van der Waals surface area contributed by atoms with Gasteiger partial charge in [0.15, 0.2) is 0 Å². The zero-order valence-electron chi connectivity index (χ0n) is 24.5. The summed E-state index contributed by atoms with van der Waals surface area (Å²) in [4.78, 5) is 38.5. The molecule has 1 aliphatic rings. The number of benzene rings is 3. The van der Waals surface area contributed by atoms with Gasteiger partial charge in [-0.25, -0.2) is 0 Å². The molecule has 1 heterocycles. The molecule has 0 unspecified atom stereocenters. The molecule has 0 aliphatic heterocycles. The van der Waals surface area contributed by atoms with Gasteiger partial charge in [-0.2, -0.15) is 5.21 Å². The Hall–Kier alpha value is -4.61. The topological polar surface area (TPSA) is 168 Å². The van der Waals surface area contributed by atoms with Crippen molar-refractivity contribution < 1.29 is 14.4 Å². The van der Waals surface area contributed by atoms with E-state index in [0.29, 0.717) is 30.4 Å². The Morgan fingerprint density at radius 2 is 1.59 bits per heavy atom. The number of rotatable bonds is 10. The third-order valence-electron chi connectivity index (χ3n) is 7.88. The Bertz CT molecular complexity index is 1540. The standard InChI is InChI=1S/C32H36N8O3.ClH/c1-20(41)34-28-5-3-2-4-27(28)23-10-6-21(7-11-23)18-29(36-31(42)25-12-8-22(19-33)9-13-25)32(43)35-26-16-14-24(15-17-26)30-37-39-40-38-30;/h2-7,10-11,14-17,22,25,29H,8-9,12-13,18-19,33H2,1H3,(H,34,41)(H,35,43)(H,36,42)(H,37,38,39,40);1H/t22?,25?,29-;/m0./s1. The highest BCUT2D eigenvalue weighted by Crippen LogP contribution is 2.30. The maximum atomic E-state index is 13.6. The number of aromatic amines is 1. The molecule has 44 heavy (non-hydrogen) atoms. The number of H-pyrrole nitrogens is 1. The number of halogens is 1. The molecule has 1 atom stereocenters. The highest BCUT2D eigenvalue weighted by Gasteiger charge is 2.29. The van der Waals surface area contributed by atoms with Crippen LogP contribution in [0.3, 0.4) is 0 Å². The molecular formula is C32H37ClN8O3. The quantitative estimate of drug-likeness (QED) is 0.176. The summed E-state index contributed by atoms with van der Waals surface area (Å²) >= 11 is 0. The molecule has 1 saturated carbocycles. The second-order valence-electron chi connectivity index (χ2n) is 10.9. The zero-order valence-corrected chi connectivity index (χ0v) is 25.3. The lowest BCUT2D eigenvalue weighted by Gasteiger charge is -2.28. The third kappa shape index (κ3) is 8.27. The van der Waals surface area contributed by atoms with Gasteiger partial charge in [0.1, 0.15) is 6.04 Å². The highest BCUT2D eigenvalue weighted by molar-refractivity contribution is 5.98. The van der Waals surface area contributed by atoms with Gasteiger partial charge < -0.3 is 21.7 Å². The maximum absolute atomic E-state index is 13.6. The zero-order chi connectivity index (χ0) is 30.2. The third-order valence-corrected chi connectivity index (χ3v) is 7.88. The number of carbonyl (C=O) groups is 3. The molecule has 1 aliphatic carbocycles. The number of amides is 3. The van der Waals surface area contributed by atoms with Crippen LogP contribution in [0.5, 0.6) is 0 Å². The van der Waals surface area contributed by atoms with E-state index >= 15 is 0 Å². The predicted molar refractivity (Wildman–Crippen MR) is 172 cm³/mol. The van der Waals surface area contributed by atoms with Crippen LogP contribution in [0.25, 0.3) is 22.5 Å². The number of para-hydroxylation sites is 1. The Morgan fingerprint density at radius 1 is 0.909 bits per heavy atom. The van der Waals surface area contributed by atoms with Gasteiger partial charge in [-0.05, 0) is 84.8 Å². The van der Waals surface area contributed by atoms with Crippen molar-refractivity contribution in [1.82, 2.24) is 25.9 Å². The van der Waals surface area contributed by atoms with Gasteiger partial charge in [-0.15, -0.1) is 22.6 Å². The van der Waals surface area contributed by atoms with Gasteiger partial charge >= 0.3 is 0 Å². The van der Waals surface area contributed by atoms with E-state index in [4.69, 9.17) is 5.73 Å². The van der Waals surface area contributed by atoms with Crippen LogP contribution in [-0.2, 0) is 20.8 Å². The van der Waals surface area contributed by atoms with Crippen molar-refractivity contribution in [2.45, 2.75) is 45.1 Å². The summed E-state index contributed by atoms with van der Waals surface area (Å²) in [6.45, 7) is 2.11. The van der Waals surface area contributed by atoms with Crippen LogP contribution < -0.4 is 21.7 Å². The van der Waals surface area contributed by atoms with Crippen molar-refractivity contribution in [2.75, 3.05) is 17.2 Å². The van der Waals surface area contributed by atoms with Crippen LogP contribution in [0.15, 0.2) is 72.8 Å². The van der Waals surface area contributed by atoms with Crippen LogP contribution in [0.2, 0.25) is 0 Å². The molecule has 12 heteroatoms. The van der Waals surface area contributed by atoms with Crippen molar-refractivity contribution in [3.63, 3.8) is 0 Å². The van der Waals surface area contributed by atoms with E-state index in [0.717, 1.165) is 53.6 Å². The number of nitrogens with one attached hydrogen (secondary N) is 4. The molecule has 1 aromatic heterocycles. The van der Waals surface area contributed by atoms with Crippen LogP contribution in [0.4, 0.5) is 11.4 Å². The van der Waals surface area contributed by atoms with Gasteiger partial charge in [-0.1, -0.05) is 42.5 Å². The first-order valence-electron chi connectivity index (χ1n) is 14.5. The minimum absolute atomic E-state index is 0. The molecule has 11 nitrogen and oxygen atoms in total. The largest absolute Gasteiger partial charge is 0.344 e. The monoisotopic (exact) mass is 616 g/mol. The molecule has 3 amide bonds. The molecule has 3 aromatic carbocycles. The average molecular weight is 617 g/mol. The number of aromatic nitrogens is 4. The van der Waals surface area contributed by atoms with Crippen LogP contribution >= 0.6 is 12.4 Å². The fraction of sp³-hybridized carbons (Fsp3) is 0.312. The van der Waals surface area contributed by atoms with Gasteiger partial charge in [0.05, 0.1) is 0 Å². The summed E-state index contributed by atoms with van der Waals surface area (Å²) in [6.07, 6.45) is 3.67. The van der Waals surface area contributed by atoms with E-state index in [1.807, 2.05) is 48.5 Å². The lowest BCUT2D eigenvalue weighted by atomic mass is 9.81. The van der Waals surface area contributed by atoms with Gasteiger partial charge in [0.25, 0.3) is 0 Å². The molecule has 0 spiro atoms.